The lowest BCUT2D eigenvalue weighted by atomic mass is 10.1. The van der Waals surface area contributed by atoms with Crippen LogP contribution in [0, 0.1) is 11.6 Å². The number of aliphatic carboxylic acids is 1. The number of nitrogens with one attached hydrogen (secondary N) is 1. The van der Waals surface area contributed by atoms with E-state index in [9.17, 15) is 22.0 Å². The Labute approximate surface area is 162 Å². The molecule has 5 nitrogen and oxygen atoms in total. The normalized spacial score (nSPS) is 11.5. The molecular weight excluding hydrogens is 452 g/mol. The molecule has 0 heterocycles. The van der Waals surface area contributed by atoms with Crippen molar-refractivity contribution in [3.05, 3.63) is 58.1 Å². The van der Waals surface area contributed by atoms with Crippen LogP contribution in [-0.4, -0.2) is 31.8 Å². The van der Waals surface area contributed by atoms with Crippen molar-refractivity contribution >= 4 is 43.7 Å². The van der Waals surface area contributed by atoms with Crippen LogP contribution in [0.4, 0.5) is 8.78 Å². The van der Waals surface area contributed by atoms with E-state index < -0.39 is 33.4 Å². The van der Waals surface area contributed by atoms with Crippen molar-refractivity contribution in [2.24, 2.45) is 0 Å². The second kappa shape index (κ2) is 8.94. The lowest BCUT2D eigenvalue weighted by molar-refractivity contribution is -0.133. The monoisotopic (exact) mass is 465 g/mol. The van der Waals surface area contributed by atoms with Crippen molar-refractivity contribution in [3.8, 4) is 0 Å². The number of benzene rings is 2. The van der Waals surface area contributed by atoms with Crippen molar-refractivity contribution in [1.82, 2.24) is 4.72 Å². The Morgan fingerprint density at radius 2 is 1.73 bits per heavy atom. The molecule has 0 aliphatic carbocycles. The Bertz CT molecular complexity index is 882. The fraction of sp³-hybridized carbons (Fsp3) is 0.188. The van der Waals surface area contributed by atoms with Gasteiger partial charge >= 0.3 is 5.97 Å². The number of carbonyl (C=O) groups is 1. The number of hydrogen-bond donors (Lipinski definition) is 2. The SMILES string of the molecule is O=C(O)CSc1c(F)cc(CCNS(=O)(=O)c2ccc(Br)cc2)cc1F. The molecule has 0 bridgehead atoms. The van der Waals surface area contributed by atoms with Gasteiger partial charge in [0, 0.05) is 11.0 Å². The van der Waals surface area contributed by atoms with Gasteiger partial charge < -0.3 is 5.11 Å². The molecule has 0 radical (unpaired) electrons. The summed E-state index contributed by atoms with van der Waals surface area (Å²) < 4.78 is 55.2. The van der Waals surface area contributed by atoms with Gasteiger partial charge in [-0.1, -0.05) is 15.9 Å². The highest BCUT2D eigenvalue weighted by atomic mass is 79.9. The molecule has 26 heavy (non-hydrogen) atoms. The lowest BCUT2D eigenvalue weighted by Gasteiger charge is -2.09. The Hall–Kier alpha value is -1.49. The predicted octanol–water partition coefficient (Wildman–Crippen LogP) is 3.43. The summed E-state index contributed by atoms with van der Waals surface area (Å²) in [7, 11) is -3.72. The van der Waals surface area contributed by atoms with E-state index in [1.54, 1.807) is 12.1 Å². The highest BCUT2D eigenvalue weighted by Gasteiger charge is 2.15. The maximum atomic E-state index is 13.9. The molecule has 0 spiro atoms. The lowest BCUT2D eigenvalue weighted by Crippen LogP contribution is -2.26. The number of carboxylic acid groups (broad SMARTS) is 1. The first-order chi connectivity index (χ1) is 12.2. The van der Waals surface area contributed by atoms with Gasteiger partial charge in [-0.05, 0) is 48.4 Å². The zero-order chi connectivity index (χ0) is 19.3. The van der Waals surface area contributed by atoms with Crippen molar-refractivity contribution in [3.63, 3.8) is 0 Å². The minimum atomic E-state index is -3.72. The third kappa shape index (κ3) is 5.76. The standard InChI is InChI=1S/C16H14BrF2NO4S2/c17-11-1-3-12(4-2-11)26(23,24)20-6-5-10-7-13(18)16(14(19)8-10)25-9-15(21)22/h1-4,7-8,20H,5-6,9H2,(H,21,22). The van der Waals surface area contributed by atoms with E-state index >= 15 is 0 Å². The first-order valence-corrected chi connectivity index (χ1v) is 10.5. The van der Waals surface area contributed by atoms with Crippen LogP contribution in [0.15, 0.2) is 50.7 Å². The van der Waals surface area contributed by atoms with E-state index in [0.29, 0.717) is 11.8 Å². The summed E-state index contributed by atoms with van der Waals surface area (Å²) in [5.41, 5.74) is 0.262. The van der Waals surface area contributed by atoms with Crippen LogP contribution in [0.3, 0.4) is 0 Å². The predicted molar refractivity (Wildman–Crippen MR) is 97.8 cm³/mol. The molecule has 0 aliphatic heterocycles. The van der Waals surface area contributed by atoms with Gasteiger partial charge in [0.2, 0.25) is 10.0 Å². The molecule has 0 amide bonds. The Morgan fingerprint density at radius 1 is 1.15 bits per heavy atom. The van der Waals surface area contributed by atoms with Gasteiger partial charge in [-0.2, -0.15) is 0 Å². The summed E-state index contributed by atoms with van der Waals surface area (Å²) in [5.74, 6) is -3.38. The van der Waals surface area contributed by atoms with Crippen molar-refractivity contribution in [1.29, 1.82) is 0 Å². The van der Waals surface area contributed by atoms with E-state index in [0.717, 1.165) is 16.6 Å². The van der Waals surface area contributed by atoms with Gasteiger partial charge in [0.05, 0.1) is 15.5 Å². The fourth-order valence-electron chi connectivity index (χ4n) is 2.06. The summed E-state index contributed by atoms with van der Waals surface area (Å²) in [4.78, 5) is 10.2. The quantitative estimate of drug-likeness (QED) is 0.583. The highest BCUT2D eigenvalue weighted by Crippen LogP contribution is 2.26. The Morgan fingerprint density at radius 3 is 2.27 bits per heavy atom. The van der Waals surface area contributed by atoms with Crippen LogP contribution >= 0.6 is 27.7 Å². The number of rotatable bonds is 8. The molecule has 0 unspecified atom stereocenters. The number of thioether (sulfide) groups is 1. The minimum Gasteiger partial charge on any atom is -0.481 e. The van der Waals surface area contributed by atoms with E-state index in [1.807, 2.05) is 0 Å². The van der Waals surface area contributed by atoms with E-state index in [1.165, 1.54) is 12.1 Å². The van der Waals surface area contributed by atoms with Crippen molar-refractivity contribution < 1.29 is 27.1 Å². The van der Waals surface area contributed by atoms with E-state index in [4.69, 9.17) is 5.11 Å². The van der Waals surface area contributed by atoms with Gasteiger partial charge in [-0.25, -0.2) is 21.9 Å². The van der Waals surface area contributed by atoms with Crippen molar-refractivity contribution in [2.75, 3.05) is 12.3 Å². The van der Waals surface area contributed by atoms with Gasteiger partial charge in [-0.15, -0.1) is 11.8 Å². The molecule has 0 aliphatic rings. The first kappa shape index (κ1) is 20.8. The molecule has 0 saturated heterocycles. The summed E-state index contributed by atoms with van der Waals surface area (Å²) in [6.45, 7) is -0.0428. The van der Waals surface area contributed by atoms with Gasteiger partial charge in [-0.3, -0.25) is 4.79 Å². The summed E-state index contributed by atoms with van der Waals surface area (Å²) in [6, 6.07) is 8.18. The molecule has 0 atom stereocenters. The molecule has 2 aromatic carbocycles. The molecule has 10 heteroatoms. The maximum Gasteiger partial charge on any atom is 0.313 e. The number of halogens is 3. The number of carboxylic acids is 1. The van der Waals surface area contributed by atoms with Crippen LogP contribution in [0.5, 0.6) is 0 Å². The third-order valence-electron chi connectivity index (χ3n) is 3.23. The van der Waals surface area contributed by atoms with Crippen LogP contribution in [0.25, 0.3) is 0 Å². The Balaban J connectivity index is 2.01. The van der Waals surface area contributed by atoms with Gasteiger partial charge in [0.25, 0.3) is 0 Å². The van der Waals surface area contributed by atoms with Crippen LogP contribution in [0.2, 0.25) is 0 Å². The molecule has 0 aromatic heterocycles. The molecular formula is C16H14BrF2NO4S2. The molecule has 0 saturated carbocycles. The van der Waals surface area contributed by atoms with Crippen LogP contribution in [-0.2, 0) is 21.2 Å². The molecule has 2 N–H and O–H groups in total. The first-order valence-electron chi connectivity index (χ1n) is 7.27. The summed E-state index contributed by atoms with van der Waals surface area (Å²) in [5, 5.41) is 8.58. The fourth-order valence-corrected chi connectivity index (χ4v) is 4.01. The average molecular weight is 466 g/mol. The summed E-state index contributed by atoms with van der Waals surface area (Å²) in [6.07, 6.45) is 0.0769. The third-order valence-corrected chi connectivity index (χ3v) is 6.30. The van der Waals surface area contributed by atoms with Crippen LogP contribution < -0.4 is 4.72 Å². The second-order valence-corrected chi connectivity index (χ2v) is 8.84. The number of hydrogen-bond acceptors (Lipinski definition) is 4. The maximum absolute atomic E-state index is 13.9. The molecule has 0 fully saturated rings. The summed E-state index contributed by atoms with van der Waals surface area (Å²) >= 11 is 3.77. The van der Waals surface area contributed by atoms with E-state index in [-0.39, 0.29) is 28.3 Å². The van der Waals surface area contributed by atoms with E-state index in [2.05, 4.69) is 20.7 Å². The number of sulfonamides is 1. The molecule has 2 aromatic rings. The van der Waals surface area contributed by atoms with Crippen molar-refractivity contribution in [2.45, 2.75) is 16.2 Å². The largest absolute Gasteiger partial charge is 0.481 e. The van der Waals surface area contributed by atoms with Crippen LogP contribution in [0.1, 0.15) is 5.56 Å². The minimum absolute atomic E-state index is 0.0428. The van der Waals surface area contributed by atoms with Gasteiger partial charge in [0.15, 0.2) is 0 Å². The zero-order valence-electron chi connectivity index (χ0n) is 13.2. The smallest absolute Gasteiger partial charge is 0.313 e. The average Bonchev–Trinajstić information content (AvgIpc) is 2.54. The Kier molecular flexibility index (Phi) is 7.16. The topological polar surface area (TPSA) is 83.5 Å². The second-order valence-electron chi connectivity index (χ2n) is 5.17. The highest BCUT2D eigenvalue weighted by molar-refractivity contribution is 9.10. The van der Waals surface area contributed by atoms with Gasteiger partial charge in [0.1, 0.15) is 11.6 Å². The zero-order valence-corrected chi connectivity index (χ0v) is 16.4. The molecule has 140 valence electrons. The molecule has 2 rings (SSSR count).